The number of hydrogen-bond acceptors (Lipinski definition) is 4. The maximum Gasteiger partial charge on any atom is 0.0866 e. The molecule has 0 aliphatic carbocycles. The van der Waals surface area contributed by atoms with Gasteiger partial charge >= 0.3 is 0 Å². The molecule has 2 aromatic heterocycles. The fourth-order valence-electron chi connectivity index (χ4n) is 2.04. The van der Waals surface area contributed by atoms with E-state index in [4.69, 9.17) is 11.6 Å². The molecule has 1 atom stereocenters. The van der Waals surface area contributed by atoms with Crippen molar-refractivity contribution in [1.29, 1.82) is 0 Å². The summed E-state index contributed by atoms with van der Waals surface area (Å²) in [7, 11) is 6.06. The van der Waals surface area contributed by atoms with Crippen LogP contribution >= 0.6 is 38.9 Å². The van der Waals surface area contributed by atoms with Crippen molar-refractivity contribution in [2.45, 2.75) is 12.6 Å². The van der Waals surface area contributed by atoms with E-state index in [-0.39, 0.29) is 6.04 Å². The second kappa shape index (κ2) is 7.04. The molecule has 0 aliphatic heterocycles. The van der Waals surface area contributed by atoms with Gasteiger partial charge < -0.3 is 10.2 Å². The molecule has 0 aliphatic rings. The minimum absolute atomic E-state index is 0.0431. The maximum atomic E-state index is 6.28. The summed E-state index contributed by atoms with van der Waals surface area (Å²) in [5.74, 6) is 0. The SMILES string of the molecule is CNC(c1sccc1Cl)c1c(Br)cnn1CCN(C)C. The van der Waals surface area contributed by atoms with Gasteiger partial charge in [-0.2, -0.15) is 5.10 Å². The molecule has 7 heteroatoms. The van der Waals surface area contributed by atoms with Crippen LogP contribution in [-0.4, -0.2) is 42.4 Å². The number of nitrogens with zero attached hydrogens (tertiary/aromatic N) is 3. The number of likely N-dealkylation sites (N-methyl/N-ethyl adjacent to an activating group) is 1. The van der Waals surface area contributed by atoms with E-state index >= 15 is 0 Å². The largest absolute Gasteiger partial charge is 0.308 e. The van der Waals surface area contributed by atoms with Crippen molar-refractivity contribution in [3.63, 3.8) is 0 Å². The summed E-state index contributed by atoms with van der Waals surface area (Å²) in [6.07, 6.45) is 1.84. The van der Waals surface area contributed by atoms with Crippen LogP contribution < -0.4 is 5.32 Å². The van der Waals surface area contributed by atoms with Crippen LogP contribution in [0, 0.1) is 0 Å². The Labute approximate surface area is 136 Å². The van der Waals surface area contributed by atoms with E-state index in [9.17, 15) is 0 Å². The van der Waals surface area contributed by atoms with Gasteiger partial charge in [-0.15, -0.1) is 11.3 Å². The summed E-state index contributed by atoms with van der Waals surface area (Å²) in [4.78, 5) is 3.26. The van der Waals surface area contributed by atoms with Crippen molar-refractivity contribution >= 4 is 38.9 Å². The fraction of sp³-hybridized carbons (Fsp3) is 0.462. The van der Waals surface area contributed by atoms with Gasteiger partial charge in [0, 0.05) is 11.4 Å². The third-order valence-electron chi connectivity index (χ3n) is 3.06. The number of hydrogen-bond donors (Lipinski definition) is 1. The monoisotopic (exact) mass is 376 g/mol. The number of aromatic nitrogens is 2. The average Bonchev–Trinajstić information content (AvgIpc) is 2.97. The lowest BCUT2D eigenvalue weighted by molar-refractivity contribution is 0.366. The van der Waals surface area contributed by atoms with Crippen molar-refractivity contribution in [1.82, 2.24) is 20.0 Å². The molecule has 2 rings (SSSR count). The first-order chi connectivity index (χ1) is 9.54. The third-order valence-corrected chi connectivity index (χ3v) is 5.10. The first-order valence-corrected chi connectivity index (χ1v) is 8.35. The van der Waals surface area contributed by atoms with E-state index in [1.165, 1.54) is 0 Å². The van der Waals surface area contributed by atoms with Gasteiger partial charge in [-0.05, 0) is 48.5 Å². The Morgan fingerprint density at radius 1 is 1.55 bits per heavy atom. The number of nitrogens with one attached hydrogen (secondary N) is 1. The van der Waals surface area contributed by atoms with Crippen LogP contribution in [0.5, 0.6) is 0 Å². The zero-order valence-corrected chi connectivity index (χ0v) is 14.9. The summed E-state index contributed by atoms with van der Waals surface area (Å²) in [5, 5.41) is 10.6. The Balaban J connectivity index is 2.34. The second-order valence-corrected chi connectivity index (χ2v) is 6.97. The Morgan fingerprint density at radius 2 is 2.30 bits per heavy atom. The highest BCUT2D eigenvalue weighted by molar-refractivity contribution is 9.10. The highest BCUT2D eigenvalue weighted by Gasteiger charge is 2.23. The van der Waals surface area contributed by atoms with E-state index in [1.807, 2.05) is 29.4 Å². The van der Waals surface area contributed by atoms with Gasteiger partial charge in [0.1, 0.15) is 0 Å². The van der Waals surface area contributed by atoms with Crippen LogP contribution in [0.15, 0.2) is 22.1 Å². The van der Waals surface area contributed by atoms with Gasteiger partial charge in [-0.3, -0.25) is 4.68 Å². The number of thiophene rings is 1. The summed E-state index contributed by atoms with van der Waals surface area (Å²) in [6.45, 7) is 1.78. The second-order valence-electron chi connectivity index (χ2n) is 4.76. The van der Waals surface area contributed by atoms with Gasteiger partial charge in [0.2, 0.25) is 0 Å². The van der Waals surface area contributed by atoms with Crippen LogP contribution in [0.1, 0.15) is 16.6 Å². The topological polar surface area (TPSA) is 33.1 Å². The Morgan fingerprint density at radius 3 is 2.85 bits per heavy atom. The molecule has 0 bridgehead atoms. The Hall–Kier alpha value is -0.400. The lowest BCUT2D eigenvalue weighted by Crippen LogP contribution is -2.25. The lowest BCUT2D eigenvalue weighted by Gasteiger charge is -2.19. The predicted molar refractivity (Wildman–Crippen MR) is 88.7 cm³/mol. The zero-order chi connectivity index (χ0) is 14.7. The van der Waals surface area contributed by atoms with Gasteiger partial charge in [0.15, 0.2) is 0 Å². The van der Waals surface area contributed by atoms with Crippen LogP contribution in [0.4, 0.5) is 0 Å². The summed E-state index contributed by atoms with van der Waals surface area (Å²) in [5.41, 5.74) is 1.11. The normalized spacial score (nSPS) is 13.1. The standard InChI is InChI=1S/C13H18BrClN4S/c1-16-11(13-10(15)4-7-20-13)12-9(14)8-17-19(12)6-5-18(2)3/h4,7-8,11,16H,5-6H2,1-3H3. The third kappa shape index (κ3) is 3.43. The van der Waals surface area contributed by atoms with Crippen LogP contribution in [0.3, 0.4) is 0 Å². The van der Waals surface area contributed by atoms with Gasteiger partial charge in [-0.1, -0.05) is 11.6 Å². The van der Waals surface area contributed by atoms with E-state index in [0.29, 0.717) is 0 Å². The molecule has 4 nitrogen and oxygen atoms in total. The van der Waals surface area contributed by atoms with Crippen molar-refractivity contribution < 1.29 is 0 Å². The molecule has 0 radical (unpaired) electrons. The molecule has 2 aromatic rings. The quantitative estimate of drug-likeness (QED) is 0.839. The molecule has 0 spiro atoms. The van der Waals surface area contributed by atoms with Crippen molar-refractivity contribution in [2.24, 2.45) is 0 Å². The minimum Gasteiger partial charge on any atom is -0.308 e. The minimum atomic E-state index is 0.0431. The Kier molecular flexibility index (Phi) is 5.63. The van der Waals surface area contributed by atoms with Crippen molar-refractivity contribution in [2.75, 3.05) is 27.7 Å². The molecular weight excluding hydrogens is 360 g/mol. The molecule has 0 saturated carbocycles. The van der Waals surface area contributed by atoms with E-state index < -0.39 is 0 Å². The predicted octanol–water partition coefficient (Wildman–Crippen LogP) is 3.23. The molecular formula is C13H18BrClN4S. The maximum absolute atomic E-state index is 6.28. The van der Waals surface area contributed by atoms with Crippen LogP contribution in [0.2, 0.25) is 5.02 Å². The van der Waals surface area contributed by atoms with Gasteiger partial charge in [0.05, 0.1) is 34.0 Å². The molecule has 0 amide bonds. The van der Waals surface area contributed by atoms with Crippen molar-refractivity contribution in [3.8, 4) is 0 Å². The van der Waals surface area contributed by atoms with Crippen LogP contribution in [-0.2, 0) is 6.54 Å². The molecule has 0 saturated heterocycles. The summed E-state index contributed by atoms with van der Waals surface area (Å²) < 4.78 is 3.03. The molecule has 110 valence electrons. The molecule has 1 unspecified atom stereocenters. The zero-order valence-electron chi connectivity index (χ0n) is 11.7. The molecule has 0 fully saturated rings. The molecule has 2 heterocycles. The van der Waals surface area contributed by atoms with E-state index in [0.717, 1.165) is 33.2 Å². The highest BCUT2D eigenvalue weighted by atomic mass is 79.9. The van der Waals surface area contributed by atoms with Gasteiger partial charge in [-0.25, -0.2) is 0 Å². The number of rotatable bonds is 6. The lowest BCUT2D eigenvalue weighted by atomic mass is 10.1. The van der Waals surface area contributed by atoms with Crippen molar-refractivity contribution in [3.05, 3.63) is 37.7 Å². The highest BCUT2D eigenvalue weighted by Crippen LogP contribution is 2.35. The summed E-state index contributed by atoms with van der Waals surface area (Å²) in [6, 6.07) is 1.97. The molecule has 1 N–H and O–H groups in total. The Bertz CT molecular complexity index is 566. The van der Waals surface area contributed by atoms with Gasteiger partial charge in [0.25, 0.3) is 0 Å². The van der Waals surface area contributed by atoms with Crippen LogP contribution in [0.25, 0.3) is 0 Å². The van der Waals surface area contributed by atoms with E-state index in [1.54, 1.807) is 11.3 Å². The summed E-state index contributed by atoms with van der Waals surface area (Å²) >= 11 is 11.5. The fourth-order valence-corrected chi connectivity index (χ4v) is 3.84. The van der Waals surface area contributed by atoms with E-state index in [2.05, 4.69) is 45.3 Å². The first kappa shape index (κ1) is 16.0. The number of halogens is 2. The molecule has 0 aromatic carbocycles. The first-order valence-electron chi connectivity index (χ1n) is 6.30. The smallest absolute Gasteiger partial charge is 0.0866 e. The average molecular weight is 378 g/mol. The molecule has 20 heavy (non-hydrogen) atoms.